The van der Waals surface area contributed by atoms with Crippen LogP contribution >= 0.6 is 0 Å². The van der Waals surface area contributed by atoms with E-state index in [1.165, 1.54) is 0 Å². The normalized spacial score (nSPS) is 19.6. The van der Waals surface area contributed by atoms with Gasteiger partial charge in [-0.2, -0.15) is 0 Å². The Labute approximate surface area is 79.1 Å². The largest absolute Gasteiger partial charge is 0.381 e. The smallest absolute Gasteiger partial charge is 0.180 e. The summed E-state index contributed by atoms with van der Waals surface area (Å²) in [7, 11) is 3.23. The summed E-state index contributed by atoms with van der Waals surface area (Å²) in [6.07, 6.45) is 2.00. The highest BCUT2D eigenvalue weighted by Crippen LogP contribution is 2.11. The molecule has 0 bridgehead atoms. The predicted molar refractivity (Wildman–Crippen MR) is 47.6 cm³/mol. The Morgan fingerprint density at radius 3 is 2.38 bits per heavy atom. The second-order valence-corrected chi connectivity index (χ2v) is 3.05. The van der Waals surface area contributed by atoms with Gasteiger partial charge in [0.1, 0.15) is 0 Å². The van der Waals surface area contributed by atoms with Crippen LogP contribution in [0.15, 0.2) is 0 Å². The molecule has 1 heterocycles. The molecule has 0 aliphatic carbocycles. The van der Waals surface area contributed by atoms with Crippen LogP contribution in [0.5, 0.6) is 0 Å². The topological polar surface area (TPSA) is 36.9 Å². The average molecular weight is 190 g/mol. The summed E-state index contributed by atoms with van der Waals surface area (Å²) in [6, 6.07) is 0. The Bertz CT molecular complexity index is 119. The summed E-state index contributed by atoms with van der Waals surface area (Å²) in [5.74, 6) is 0. The van der Waals surface area contributed by atoms with Crippen molar-refractivity contribution < 1.29 is 18.9 Å². The third-order valence-corrected chi connectivity index (χ3v) is 2.16. The lowest BCUT2D eigenvalue weighted by Crippen LogP contribution is -2.28. The van der Waals surface area contributed by atoms with Crippen molar-refractivity contribution in [3.63, 3.8) is 0 Å². The Morgan fingerprint density at radius 1 is 1.23 bits per heavy atom. The van der Waals surface area contributed by atoms with Crippen molar-refractivity contribution in [2.75, 3.05) is 34.0 Å². The van der Waals surface area contributed by atoms with E-state index in [1.807, 2.05) is 0 Å². The Kier molecular flexibility index (Phi) is 5.31. The fourth-order valence-corrected chi connectivity index (χ4v) is 1.29. The van der Waals surface area contributed by atoms with Crippen LogP contribution in [-0.2, 0) is 18.9 Å². The average Bonchev–Trinajstić information content (AvgIpc) is 2.21. The molecule has 0 atom stereocenters. The summed E-state index contributed by atoms with van der Waals surface area (Å²) in [5, 5.41) is 0. The molecule has 0 aromatic rings. The fraction of sp³-hybridized carbons (Fsp3) is 1.00. The van der Waals surface area contributed by atoms with Crippen molar-refractivity contribution in [3.8, 4) is 0 Å². The van der Waals surface area contributed by atoms with Crippen LogP contribution in [0.25, 0.3) is 0 Å². The molecule has 0 unspecified atom stereocenters. The van der Waals surface area contributed by atoms with Crippen molar-refractivity contribution in [1.82, 2.24) is 0 Å². The minimum absolute atomic E-state index is 0.247. The molecular weight excluding hydrogens is 172 g/mol. The van der Waals surface area contributed by atoms with E-state index in [2.05, 4.69) is 0 Å². The second kappa shape index (κ2) is 6.32. The van der Waals surface area contributed by atoms with Crippen molar-refractivity contribution in [2.24, 2.45) is 0 Å². The van der Waals surface area contributed by atoms with Gasteiger partial charge in [0.05, 0.1) is 12.7 Å². The third-order valence-electron chi connectivity index (χ3n) is 2.16. The van der Waals surface area contributed by atoms with Gasteiger partial charge in [0.2, 0.25) is 0 Å². The Hall–Kier alpha value is -0.160. The molecule has 4 nitrogen and oxygen atoms in total. The van der Waals surface area contributed by atoms with Crippen LogP contribution in [0.4, 0.5) is 0 Å². The van der Waals surface area contributed by atoms with Gasteiger partial charge in [0.15, 0.2) is 6.29 Å². The van der Waals surface area contributed by atoms with E-state index in [9.17, 15) is 0 Å². The van der Waals surface area contributed by atoms with E-state index in [-0.39, 0.29) is 6.29 Å². The first-order valence-corrected chi connectivity index (χ1v) is 4.61. The molecule has 13 heavy (non-hydrogen) atoms. The van der Waals surface area contributed by atoms with Gasteiger partial charge in [-0.3, -0.25) is 0 Å². The lowest BCUT2D eigenvalue weighted by molar-refractivity contribution is -0.159. The summed E-state index contributed by atoms with van der Waals surface area (Å²) >= 11 is 0. The minimum atomic E-state index is -0.247. The maximum absolute atomic E-state index is 5.60. The third kappa shape index (κ3) is 4.04. The Morgan fingerprint density at radius 2 is 1.85 bits per heavy atom. The van der Waals surface area contributed by atoms with Crippen molar-refractivity contribution >= 4 is 0 Å². The highest BCUT2D eigenvalue weighted by Gasteiger charge is 2.16. The number of rotatable bonds is 5. The molecular formula is C9H18O4. The molecule has 1 aliphatic rings. The first kappa shape index (κ1) is 10.9. The molecule has 1 fully saturated rings. The van der Waals surface area contributed by atoms with Gasteiger partial charge in [-0.15, -0.1) is 0 Å². The predicted octanol–water partition coefficient (Wildman–Crippen LogP) is 0.801. The van der Waals surface area contributed by atoms with Crippen LogP contribution in [-0.4, -0.2) is 46.4 Å². The van der Waals surface area contributed by atoms with Gasteiger partial charge < -0.3 is 18.9 Å². The van der Waals surface area contributed by atoms with Crippen molar-refractivity contribution in [1.29, 1.82) is 0 Å². The first-order chi connectivity index (χ1) is 6.36. The lowest BCUT2D eigenvalue weighted by atomic mass is 10.2. The molecule has 1 saturated heterocycles. The first-order valence-electron chi connectivity index (χ1n) is 4.61. The fourth-order valence-electron chi connectivity index (χ4n) is 1.29. The van der Waals surface area contributed by atoms with E-state index in [0.717, 1.165) is 26.1 Å². The molecule has 0 spiro atoms. The minimum Gasteiger partial charge on any atom is -0.381 e. The molecule has 0 N–H and O–H groups in total. The van der Waals surface area contributed by atoms with Crippen LogP contribution in [0.3, 0.4) is 0 Å². The van der Waals surface area contributed by atoms with Gasteiger partial charge in [-0.1, -0.05) is 0 Å². The molecule has 0 radical (unpaired) electrons. The molecule has 0 aromatic carbocycles. The van der Waals surface area contributed by atoms with Gasteiger partial charge in [-0.25, -0.2) is 0 Å². The summed E-state index contributed by atoms with van der Waals surface area (Å²) in [5.41, 5.74) is 0. The second-order valence-electron chi connectivity index (χ2n) is 3.05. The van der Waals surface area contributed by atoms with Crippen LogP contribution in [0.2, 0.25) is 0 Å². The number of methoxy groups -OCH3 is 2. The van der Waals surface area contributed by atoms with E-state index in [1.54, 1.807) is 14.2 Å². The van der Waals surface area contributed by atoms with E-state index in [0.29, 0.717) is 12.7 Å². The van der Waals surface area contributed by atoms with Crippen LogP contribution in [0.1, 0.15) is 12.8 Å². The number of hydrogen-bond donors (Lipinski definition) is 0. The quantitative estimate of drug-likeness (QED) is 0.601. The summed E-state index contributed by atoms with van der Waals surface area (Å²) < 4.78 is 20.8. The maximum atomic E-state index is 5.60. The zero-order chi connectivity index (χ0) is 9.52. The molecule has 78 valence electrons. The van der Waals surface area contributed by atoms with Gasteiger partial charge in [-0.05, 0) is 12.8 Å². The lowest BCUT2D eigenvalue weighted by Gasteiger charge is -2.24. The van der Waals surface area contributed by atoms with E-state index >= 15 is 0 Å². The SMILES string of the molecule is COC(COC1CCOCC1)OC. The molecule has 4 heteroatoms. The highest BCUT2D eigenvalue weighted by atomic mass is 16.7. The van der Waals surface area contributed by atoms with E-state index in [4.69, 9.17) is 18.9 Å². The summed E-state index contributed by atoms with van der Waals surface area (Å²) in [4.78, 5) is 0. The Balaban J connectivity index is 2.09. The van der Waals surface area contributed by atoms with Crippen molar-refractivity contribution in [2.45, 2.75) is 25.2 Å². The van der Waals surface area contributed by atoms with Crippen molar-refractivity contribution in [3.05, 3.63) is 0 Å². The summed E-state index contributed by atoms with van der Waals surface area (Å²) in [6.45, 7) is 2.10. The van der Waals surface area contributed by atoms with Gasteiger partial charge in [0.25, 0.3) is 0 Å². The highest BCUT2D eigenvalue weighted by molar-refractivity contribution is 4.62. The molecule has 0 saturated carbocycles. The number of hydrogen-bond acceptors (Lipinski definition) is 4. The number of ether oxygens (including phenoxy) is 4. The molecule has 0 amide bonds. The van der Waals surface area contributed by atoms with E-state index < -0.39 is 0 Å². The van der Waals surface area contributed by atoms with Crippen LogP contribution in [0, 0.1) is 0 Å². The van der Waals surface area contributed by atoms with Gasteiger partial charge >= 0.3 is 0 Å². The molecule has 1 aliphatic heterocycles. The van der Waals surface area contributed by atoms with Gasteiger partial charge in [0, 0.05) is 27.4 Å². The monoisotopic (exact) mass is 190 g/mol. The van der Waals surface area contributed by atoms with Crippen LogP contribution < -0.4 is 0 Å². The zero-order valence-electron chi connectivity index (χ0n) is 8.32. The standard InChI is InChI=1S/C9H18O4/c1-10-9(11-2)7-13-8-3-5-12-6-4-8/h8-9H,3-7H2,1-2H3. The molecule has 0 aromatic heterocycles. The molecule has 1 rings (SSSR count). The zero-order valence-corrected chi connectivity index (χ0v) is 8.32. The maximum Gasteiger partial charge on any atom is 0.180 e.